The van der Waals surface area contributed by atoms with Crippen molar-refractivity contribution in [2.75, 3.05) is 0 Å². The lowest BCUT2D eigenvalue weighted by atomic mass is 9.79. The van der Waals surface area contributed by atoms with Crippen LogP contribution in [0.2, 0.25) is 0 Å². The lowest BCUT2D eigenvalue weighted by Gasteiger charge is -2.27. The summed E-state index contributed by atoms with van der Waals surface area (Å²) < 4.78 is 2.33. The summed E-state index contributed by atoms with van der Waals surface area (Å²) in [6.07, 6.45) is 7.11. The molecule has 0 aliphatic heterocycles. The molecule has 2 nitrogen and oxygen atoms in total. The topological polar surface area (TPSA) is 17.8 Å². The summed E-state index contributed by atoms with van der Waals surface area (Å²) in [5, 5.41) is 0. The Morgan fingerprint density at radius 1 is 0.794 bits per heavy atom. The molecule has 0 amide bonds. The van der Waals surface area contributed by atoms with Gasteiger partial charge in [-0.2, -0.15) is 0 Å². The maximum atomic E-state index is 4.89. The van der Waals surface area contributed by atoms with Gasteiger partial charge in [-0.1, -0.05) is 88.2 Å². The van der Waals surface area contributed by atoms with Gasteiger partial charge in [-0.25, -0.2) is 4.98 Å². The minimum Gasteiger partial charge on any atom is -0.299 e. The van der Waals surface area contributed by atoms with Crippen LogP contribution in [0.5, 0.6) is 0 Å². The molecule has 0 bridgehead atoms. The lowest BCUT2D eigenvalue weighted by molar-refractivity contribution is 0.507. The van der Waals surface area contributed by atoms with Gasteiger partial charge in [0.1, 0.15) is 5.82 Å². The van der Waals surface area contributed by atoms with E-state index >= 15 is 0 Å². The van der Waals surface area contributed by atoms with Crippen molar-refractivity contribution in [3.05, 3.63) is 94.8 Å². The Morgan fingerprint density at radius 2 is 1.38 bits per heavy atom. The molecule has 4 rings (SSSR count). The van der Waals surface area contributed by atoms with Crippen molar-refractivity contribution in [2.45, 2.75) is 73.1 Å². The monoisotopic (exact) mass is 450 g/mol. The van der Waals surface area contributed by atoms with E-state index in [-0.39, 0.29) is 5.41 Å². The third-order valence-electron chi connectivity index (χ3n) is 7.25. The van der Waals surface area contributed by atoms with Crippen LogP contribution in [0.4, 0.5) is 0 Å². The van der Waals surface area contributed by atoms with Crippen LogP contribution in [-0.4, -0.2) is 9.55 Å². The molecule has 0 unspecified atom stereocenters. The van der Waals surface area contributed by atoms with Crippen molar-refractivity contribution in [1.82, 2.24) is 9.55 Å². The van der Waals surface area contributed by atoms with E-state index in [0.29, 0.717) is 0 Å². The molecule has 0 radical (unpaired) electrons. The van der Waals surface area contributed by atoms with E-state index < -0.39 is 0 Å². The molecule has 0 fully saturated rings. The molecule has 3 aromatic carbocycles. The Balaban J connectivity index is 1.93. The predicted octanol–water partition coefficient (Wildman–Crippen LogP) is 8.64. The first-order valence-electron chi connectivity index (χ1n) is 12.7. The van der Waals surface area contributed by atoms with E-state index in [1.807, 2.05) is 6.20 Å². The molecule has 0 spiro atoms. The number of hydrogen-bond donors (Lipinski definition) is 0. The number of rotatable bonds is 7. The average molecular weight is 451 g/mol. The molecule has 2 heteroatoms. The summed E-state index contributed by atoms with van der Waals surface area (Å²) in [5.41, 5.74) is 11.9. The summed E-state index contributed by atoms with van der Waals surface area (Å²) in [4.78, 5) is 4.89. The van der Waals surface area contributed by atoms with Crippen molar-refractivity contribution >= 4 is 0 Å². The molecule has 1 heterocycles. The van der Waals surface area contributed by atoms with Gasteiger partial charge in [-0.3, -0.25) is 4.57 Å². The van der Waals surface area contributed by atoms with Crippen LogP contribution in [0.15, 0.2) is 67.0 Å². The van der Waals surface area contributed by atoms with Crippen molar-refractivity contribution in [2.24, 2.45) is 0 Å². The van der Waals surface area contributed by atoms with Crippen molar-refractivity contribution < 1.29 is 0 Å². The van der Waals surface area contributed by atoms with E-state index in [4.69, 9.17) is 4.98 Å². The highest BCUT2D eigenvalue weighted by Crippen LogP contribution is 2.37. The van der Waals surface area contributed by atoms with Crippen molar-refractivity contribution in [3.8, 4) is 28.2 Å². The van der Waals surface area contributed by atoms with Crippen LogP contribution >= 0.6 is 0 Å². The zero-order valence-corrected chi connectivity index (χ0v) is 21.9. The first-order chi connectivity index (χ1) is 16.3. The van der Waals surface area contributed by atoms with Gasteiger partial charge in [0, 0.05) is 18.0 Å². The summed E-state index contributed by atoms with van der Waals surface area (Å²) in [7, 11) is 0. The van der Waals surface area contributed by atoms with E-state index in [1.165, 1.54) is 50.2 Å². The smallest absolute Gasteiger partial charge is 0.144 e. The Hall–Kier alpha value is -3.13. The van der Waals surface area contributed by atoms with Gasteiger partial charge in [-0.15, -0.1) is 0 Å². The zero-order valence-electron chi connectivity index (χ0n) is 21.9. The molecular formula is C32H38N2. The first-order valence-corrected chi connectivity index (χ1v) is 12.7. The van der Waals surface area contributed by atoms with Crippen LogP contribution in [0.3, 0.4) is 0 Å². The van der Waals surface area contributed by atoms with Gasteiger partial charge in [-0.05, 0) is 78.5 Å². The maximum Gasteiger partial charge on any atom is 0.144 e. The van der Waals surface area contributed by atoms with Gasteiger partial charge in [0.2, 0.25) is 0 Å². The second-order valence-electron chi connectivity index (χ2n) is 10.1. The van der Waals surface area contributed by atoms with Gasteiger partial charge < -0.3 is 0 Å². The zero-order chi connectivity index (χ0) is 24.5. The van der Waals surface area contributed by atoms with Crippen molar-refractivity contribution in [3.63, 3.8) is 0 Å². The second kappa shape index (κ2) is 9.62. The molecule has 176 valence electrons. The number of imidazole rings is 1. The van der Waals surface area contributed by atoms with Gasteiger partial charge in [0.05, 0.1) is 5.69 Å². The van der Waals surface area contributed by atoms with Crippen LogP contribution in [0, 0.1) is 13.8 Å². The number of hydrogen-bond acceptors (Lipinski definition) is 1. The molecule has 0 aliphatic rings. The number of nitrogens with zero attached hydrogens (tertiary/aromatic N) is 2. The molecule has 34 heavy (non-hydrogen) atoms. The third-order valence-corrected chi connectivity index (χ3v) is 7.25. The summed E-state index contributed by atoms with van der Waals surface area (Å²) in [6.45, 7) is 15.8. The van der Waals surface area contributed by atoms with E-state index in [1.54, 1.807) is 0 Å². The average Bonchev–Trinajstić information content (AvgIpc) is 3.31. The van der Waals surface area contributed by atoms with Gasteiger partial charge >= 0.3 is 0 Å². The second-order valence-corrected chi connectivity index (χ2v) is 10.1. The minimum atomic E-state index is 0.0848. The van der Waals surface area contributed by atoms with E-state index in [2.05, 4.69) is 114 Å². The van der Waals surface area contributed by atoms with Crippen LogP contribution in [-0.2, 0) is 18.3 Å². The minimum absolute atomic E-state index is 0.0848. The van der Waals surface area contributed by atoms with Crippen LogP contribution in [0.1, 0.15) is 68.9 Å². The molecule has 0 atom stereocenters. The standard InChI is InChI=1S/C32H38N2/c1-8-24-20-27(26-18-22(4)17-23(5)19-26)21-25(9-2)30(24)34-16-15-33-31(34)28-13-11-12-14-29(28)32(6,7)10-3/h11-21H,8-10H2,1-7H3. The van der Waals surface area contributed by atoms with Crippen LogP contribution in [0.25, 0.3) is 28.2 Å². The number of benzene rings is 3. The van der Waals surface area contributed by atoms with Gasteiger partial charge in [0.15, 0.2) is 0 Å². The fourth-order valence-electron chi connectivity index (χ4n) is 5.06. The lowest BCUT2D eigenvalue weighted by Crippen LogP contribution is -2.17. The Labute approximate surface area is 205 Å². The predicted molar refractivity (Wildman–Crippen MR) is 146 cm³/mol. The molecule has 1 aromatic heterocycles. The maximum absolute atomic E-state index is 4.89. The largest absolute Gasteiger partial charge is 0.299 e. The fraction of sp³-hybridized carbons (Fsp3) is 0.344. The first kappa shape index (κ1) is 24.0. The van der Waals surface area contributed by atoms with Crippen molar-refractivity contribution in [1.29, 1.82) is 0 Å². The summed E-state index contributed by atoms with van der Waals surface area (Å²) >= 11 is 0. The summed E-state index contributed by atoms with van der Waals surface area (Å²) in [6, 6.07) is 20.4. The molecule has 0 saturated carbocycles. The molecule has 0 saturated heterocycles. The molecular weight excluding hydrogens is 412 g/mol. The molecule has 0 aliphatic carbocycles. The number of aromatic nitrogens is 2. The highest BCUT2D eigenvalue weighted by molar-refractivity contribution is 5.72. The highest BCUT2D eigenvalue weighted by atomic mass is 15.1. The number of aryl methyl sites for hydroxylation is 4. The molecule has 4 aromatic rings. The quantitative estimate of drug-likeness (QED) is 0.275. The fourth-order valence-corrected chi connectivity index (χ4v) is 5.06. The Kier molecular flexibility index (Phi) is 6.79. The SMILES string of the molecule is CCc1cc(-c2cc(C)cc(C)c2)cc(CC)c1-n1ccnc1-c1ccccc1C(C)(C)CC. The Morgan fingerprint density at radius 3 is 1.97 bits per heavy atom. The summed E-state index contributed by atoms with van der Waals surface area (Å²) in [5.74, 6) is 1.03. The normalized spacial score (nSPS) is 11.7. The third kappa shape index (κ3) is 4.46. The van der Waals surface area contributed by atoms with E-state index in [9.17, 15) is 0 Å². The van der Waals surface area contributed by atoms with E-state index in [0.717, 1.165) is 25.1 Å². The highest BCUT2D eigenvalue weighted by Gasteiger charge is 2.24. The Bertz CT molecular complexity index is 1260. The molecule has 0 N–H and O–H groups in total. The van der Waals surface area contributed by atoms with Gasteiger partial charge in [0.25, 0.3) is 0 Å². The van der Waals surface area contributed by atoms with Crippen LogP contribution < -0.4 is 0 Å².